The van der Waals surface area contributed by atoms with Crippen molar-refractivity contribution in [3.05, 3.63) is 24.3 Å². The van der Waals surface area contributed by atoms with E-state index in [2.05, 4.69) is 32.6 Å². The third kappa shape index (κ3) is 2.02. The van der Waals surface area contributed by atoms with Gasteiger partial charge in [0.25, 0.3) is 0 Å². The molecule has 2 heteroatoms. The molecule has 3 saturated carbocycles. The van der Waals surface area contributed by atoms with Crippen LogP contribution in [0.15, 0.2) is 24.3 Å². The van der Waals surface area contributed by atoms with Crippen LogP contribution in [0, 0.1) is 34.5 Å². The first-order valence-corrected chi connectivity index (χ1v) is 10.0. The maximum atomic E-state index is 11.0. The van der Waals surface area contributed by atoms with Gasteiger partial charge in [-0.15, -0.1) is 6.58 Å². The van der Waals surface area contributed by atoms with Crippen LogP contribution >= 0.6 is 0 Å². The van der Waals surface area contributed by atoms with E-state index < -0.39 is 5.60 Å². The molecule has 0 aromatic rings. The zero-order valence-electron chi connectivity index (χ0n) is 15.4. The van der Waals surface area contributed by atoms with Gasteiger partial charge in [-0.1, -0.05) is 24.6 Å². The lowest BCUT2D eigenvalue weighted by molar-refractivity contribution is -0.111. The Labute approximate surface area is 147 Å². The average molecular weight is 331 g/mol. The first-order valence-electron chi connectivity index (χ1n) is 10.0. The predicted octanol–water partition coefficient (Wildman–Crippen LogP) is 4.47. The van der Waals surface area contributed by atoms with Gasteiger partial charge in [-0.3, -0.25) is 0 Å². The molecule has 0 saturated heterocycles. The summed E-state index contributed by atoms with van der Waals surface area (Å²) >= 11 is 0. The van der Waals surface area contributed by atoms with E-state index in [1.807, 2.05) is 0 Å². The van der Waals surface area contributed by atoms with Crippen molar-refractivity contribution in [2.45, 2.75) is 70.8 Å². The Bertz CT molecular complexity index is 562. The molecule has 24 heavy (non-hydrogen) atoms. The highest BCUT2D eigenvalue weighted by atomic mass is 16.3. The van der Waals surface area contributed by atoms with Crippen molar-refractivity contribution < 1.29 is 10.2 Å². The molecule has 0 radical (unpaired) electrons. The standard InChI is InChI=1S/C22H34O2/c1-4-22-12-7-15(14-23)13-16(22)5-6-17-18-9-11-21(3,24)20(18,2)10-8-19(17)22/h4-5,15,17-19,23-24H,1,6-14H2,2-3H3/t15?,17?,18?,19?,20?,21-,22-/m0/s1. The Hall–Kier alpha value is -0.600. The topological polar surface area (TPSA) is 40.5 Å². The lowest BCUT2D eigenvalue weighted by Gasteiger charge is -2.59. The number of hydrogen-bond acceptors (Lipinski definition) is 2. The summed E-state index contributed by atoms with van der Waals surface area (Å²) in [6.07, 6.45) is 13.8. The van der Waals surface area contributed by atoms with Crippen LogP contribution in [-0.4, -0.2) is 22.4 Å². The molecular weight excluding hydrogens is 296 g/mol. The molecule has 0 aromatic heterocycles. The van der Waals surface area contributed by atoms with E-state index in [0.717, 1.165) is 32.1 Å². The number of hydrogen-bond donors (Lipinski definition) is 2. The Kier molecular flexibility index (Phi) is 3.82. The molecule has 2 N–H and O–H groups in total. The van der Waals surface area contributed by atoms with Gasteiger partial charge in [-0.2, -0.15) is 0 Å². The summed E-state index contributed by atoms with van der Waals surface area (Å²) < 4.78 is 0. The summed E-state index contributed by atoms with van der Waals surface area (Å²) in [6.45, 7) is 9.03. The average Bonchev–Trinajstić information content (AvgIpc) is 2.83. The monoisotopic (exact) mass is 330 g/mol. The minimum atomic E-state index is -0.498. The van der Waals surface area contributed by atoms with Gasteiger partial charge in [-0.25, -0.2) is 0 Å². The van der Waals surface area contributed by atoms with E-state index >= 15 is 0 Å². The van der Waals surface area contributed by atoms with E-state index in [0.29, 0.717) is 30.3 Å². The lowest BCUT2D eigenvalue weighted by atomic mass is 9.46. The smallest absolute Gasteiger partial charge is 0.0675 e. The van der Waals surface area contributed by atoms with Gasteiger partial charge in [0.15, 0.2) is 0 Å². The molecule has 5 unspecified atom stereocenters. The van der Waals surface area contributed by atoms with Crippen LogP contribution in [0.25, 0.3) is 0 Å². The zero-order valence-corrected chi connectivity index (χ0v) is 15.4. The van der Waals surface area contributed by atoms with E-state index in [1.54, 1.807) is 5.57 Å². The number of rotatable bonds is 2. The van der Waals surface area contributed by atoms with Crippen molar-refractivity contribution in [3.8, 4) is 0 Å². The predicted molar refractivity (Wildman–Crippen MR) is 97.4 cm³/mol. The first-order chi connectivity index (χ1) is 11.4. The van der Waals surface area contributed by atoms with Crippen LogP contribution in [0.3, 0.4) is 0 Å². The molecule has 0 amide bonds. The van der Waals surface area contributed by atoms with Crippen LogP contribution in [0.2, 0.25) is 0 Å². The van der Waals surface area contributed by atoms with Gasteiger partial charge in [-0.05, 0) is 87.4 Å². The highest BCUT2D eigenvalue weighted by Crippen LogP contribution is 2.67. The lowest BCUT2D eigenvalue weighted by Crippen LogP contribution is -2.53. The van der Waals surface area contributed by atoms with Gasteiger partial charge in [0.2, 0.25) is 0 Å². The Balaban J connectivity index is 1.70. The fraction of sp³-hybridized carbons (Fsp3) is 0.818. The highest BCUT2D eigenvalue weighted by molar-refractivity contribution is 5.31. The van der Waals surface area contributed by atoms with Crippen LogP contribution < -0.4 is 0 Å². The van der Waals surface area contributed by atoms with E-state index in [4.69, 9.17) is 0 Å². The first kappa shape index (κ1) is 16.8. The third-order valence-electron chi connectivity index (χ3n) is 8.99. The van der Waals surface area contributed by atoms with Crippen molar-refractivity contribution in [2.24, 2.45) is 34.5 Å². The normalized spacial score (nSPS) is 53.6. The van der Waals surface area contributed by atoms with Crippen LogP contribution in [0.4, 0.5) is 0 Å². The Morgan fingerprint density at radius 1 is 1.17 bits per heavy atom. The largest absolute Gasteiger partial charge is 0.396 e. The van der Waals surface area contributed by atoms with Crippen molar-refractivity contribution in [1.82, 2.24) is 0 Å². The maximum Gasteiger partial charge on any atom is 0.0675 e. The molecule has 0 bridgehead atoms. The van der Waals surface area contributed by atoms with Gasteiger partial charge in [0.05, 0.1) is 5.60 Å². The van der Waals surface area contributed by atoms with Crippen molar-refractivity contribution in [2.75, 3.05) is 6.61 Å². The fourth-order valence-electron chi connectivity index (χ4n) is 7.22. The molecule has 0 heterocycles. The molecule has 3 fully saturated rings. The van der Waals surface area contributed by atoms with Gasteiger partial charge < -0.3 is 10.2 Å². The summed E-state index contributed by atoms with van der Waals surface area (Å²) in [7, 11) is 0. The molecule has 0 aliphatic heterocycles. The quantitative estimate of drug-likeness (QED) is 0.733. The van der Waals surface area contributed by atoms with E-state index in [-0.39, 0.29) is 10.8 Å². The van der Waals surface area contributed by atoms with Gasteiger partial charge in [0, 0.05) is 12.0 Å². The minimum Gasteiger partial charge on any atom is -0.396 e. The number of aliphatic hydroxyl groups is 2. The summed E-state index contributed by atoms with van der Waals surface area (Å²) in [6, 6.07) is 0. The number of allylic oxidation sites excluding steroid dienone is 3. The number of fused-ring (bicyclic) bond motifs is 5. The number of aliphatic hydroxyl groups excluding tert-OH is 1. The Morgan fingerprint density at radius 2 is 1.92 bits per heavy atom. The molecule has 4 rings (SSSR count). The molecule has 4 aliphatic carbocycles. The SMILES string of the molecule is C=C[C@]12CCC(CO)CC1=CCC1C3CC[C@](C)(O)C3(C)CCC12. The van der Waals surface area contributed by atoms with Crippen molar-refractivity contribution >= 4 is 0 Å². The van der Waals surface area contributed by atoms with Gasteiger partial charge in [0.1, 0.15) is 0 Å². The van der Waals surface area contributed by atoms with Crippen LogP contribution in [0.1, 0.15) is 65.2 Å². The Morgan fingerprint density at radius 3 is 2.62 bits per heavy atom. The summed E-state index contributed by atoms with van der Waals surface area (Å²) in [5.41, 5.74) is 1.33. The van der Waals surface area contributed by atoms with Crippen LogP contribution in [0.5, 0.6) is 0 Å². The molecule has 0 spiro atoms. The molecule has 0 aromatic carbocycles. The second kappa shape index (κ2) is 5.45. The molecule has 134 valence electrons. The summed E-state index contributed by atoms with van der Waals surface area (Å²) in [5.74, 6) is 2.49. The fourth-order valence-corrected chi connectivity index (χ4v) is 7.22. The van der Waals surface area contributed by atoms with Gasteiger partial charge >= 0.3 is 0 Å². The van der Waals surface area contributed by atoms with E-state index in [9.17, 15) is 10.2 Å². The molecular formula is C22H34O2. The molecule has 7 atom stereocenters. The zero-order chi connectivity index (χ0) is 17.2. The minimum absolute atomic E-state index is 0.0875. The van der Waals surface area contributed by atoms with Crippen molar-refractivity contribution in [3.63, 3.8) is 0 Å². The van der Waals surface area contributed by atoms with Crippen molar-refractivity contribution in [1.29, 1.82) is 0 Å². The molecule has 4 aliphatic rings. The third-order valence-corrected chi connectivity index (χ3v) is 8.99. The summed E-state index contributed by atoms with van der Waals surface area (Å²) in [4.78, 5) is 0. The van der Waals surface area contributed by atoms with E-state index in [1.165, 1.54) is 19.3 Å². The second-order valence-corrected chi connectivity index (χ2v) is 9.65. The highest BCUT2D eigenvalue weighted by Gasteiger charge is 2.62. The molecule has 2 nitrogen and oxygen atoms in total. The second-order valence-electron chi connectivity index (χ2n) is 9.65. The summed E-state index contributed by atoms with van der Waals surface area (Å²) in [5, 5.41) is 20.6. The maximum absolute atomic E-state index is 11.0. The van der Waals surface area contributed by atoms with Crippen LogP contribution in [-0.2, 0) is 0 Å².